The summed E-state index contributed by atoms with van der Waals surface area (Å²) in [7, 11) is -3.16. The molecule has 7 heteroatoms. The van der Waals surface area contributed by atoms with Gasteiger partial charge in [0, 0.05) is 19.6 Å². The van der Waals surface area contributed by atoms with Crippen LogP contribution in [0.4, 0.5) is 0 Å². The van der Waals surface area contributed by atoms with Crippen molar-refractivity contribution in [2.45, 2.75) is 25.7 Å². The number of allylic oxidation sites excluding steroid dienone is 2. The molecule has 0 bridgehead atoms. The van der Waals surface area contributed by atoms with Crippen molar-refractivity contribution in [1.82, 2.24) is 9.62 Å². The van der Waals surface area contributed by atoms with E-state index in [-0.39, 0.29) is 17.9 Å². The number of ether oxygens (including phenoxy) is 1. The third-order valence-electron chi connectivity index (χ3n) is 5.30. The molecular formula is C19H26N2O4S. The molecule has 1 spiro atoms. The normalized spacial score (nSPS) is 23.0. The highest BCUT2D eigenvalue weighted by Crippen LogP contribution is 2.36. The number of nitrogens with one attached hydrogen (secondary N) is 1. The third kappa shape index (κ3) is 4.65. The van der Waals surface area contributed by atoms with Gasteiger partial charge >= 0.3 is 0 Å². The Bertz CT molecular complexity index is 780. The van der Waals surface area contributed by atoms with Gasteiger partial charge in [0.25, 0.3) is 5.91 Å². The first kappa shape index (κ1) is 18.9. The zero-order valence-corrected chi connectivity index (χ0v) is 15.9. The van der Waals surface area contributed by atoms with E-state index in [1.165, 1.54) is 10.6 Å². The molecule has 0 aromatic heterocycles. The van der Waals surface area contributed by atoms with Crippen LogP contribution < -0.4 is 10.1 Å². The third-order valence-corrected chi connectivity index (χ3v) is 6.60. The van der Waals surface area contributed by atoms with Gasteiger partial charge in [-0.05, 0) is 42.7 Å². The maximum Gasteiger partial charge on any atom is 0.257 e. The lowest BCUT2D eigenvalue weighted by atomic mass is 9.76. The highest BCUT2D eigenvalue weighted by molar-refractivity contribution is 7.88. The number of benzene rings is 1. The average Bonchev–Trinajstić information content (AvgIpc) is 2.61. The summed E-state index contributed by atoms with van der Waals surface area (Å²) in [5.41, 5.74) is 0.949. The predicted molar refractivity (Wildman–Crippen MR) is 100 cm³/mol. The predicted octanol–water partition coefficient (Wildman–Crippen LogP) is 1.73. The van der Waals surface area contributed by atoms with Crippen molar-refractivity contribution < 1.29 is 17.9 Å². The van der Waals surface area contributed by atoms with Gasteiger partial charge in [-0.15, -0.1) is 0 Å². The Morgan fingerprint density at radius 1 is 1.15 bits per heavy atom. The molecule has 1 saturated heterocycles. The maximum absolute atomic E-state index is 12.2. The van der Waals surface area contributed by atoms with E-state index in [9.17, 15) is 13.2 Å². The quantitative estimate of drug-likeness (QED) is 0.755. The lowest BCUT2D eigenvalue weighted by Gasteiger charge is -2.40. The molecule has 0 atom stereocenters. The summed E-state index contributed by atoms with van der Waals surface area (Å²) in [6, 6.07) is 7.75. The fraction of sp³-hybridized carbons (Fsp3) is 0.526. The Hall–Kier alpha value is -1.86. The molecule has 2 aliphatic rings. The minimum Gasteiger partial charge on any atom is -0.483 e. The molecular weight excluding hydrogens is 352 g/mol. The van der Waals surface area contributed by atoms with Crippen molar-refractivity contribution in [3.8, 4) is 5.75 Å². The first-order valence-corrected chi connectivity index (χ1v) is 10.8. The Labute approximate surface area is 155 Å². The number of sulfonamides is 1. The number of rotatable bonds is 1. The molecule has 0 unspecified atom stereocenters. The van der Waals surface area contributed by atoms with E-state index in [4.69, 9.17) is 4.74 Å². The van der Waals surface area contributed by atoms with E-state index in [1.54, 1.807) is 0 Å². The Morgan fingerprint density at radius 3 is 2.62 bits per heavy atom. The lowest BCUT2D eigenvalue weighted by Crippen LogP contribution is -2.48. The minimum absolute atomic E-state index is 0.00767. The van der Waals surface area contributed by atoms with Crippen LogP contribution in [0.3, 0.4) is 0 Å². The van der Waals surface area contributed by atoms with E-state index in [1.807, 2.05) is 24.3 Å². The largest absolute Gasteiger partial charge is 0.483 e. The second kappa shape index (κ2) is 7.80. The van der Waals surface area contributed by atoms with Crippen LogP contribution in [-0.2, 0) is 21.2 Å². The molecule has 1 aromatic carbocycles. The molecule has 3 rings (SSSR count). The number of para-hydroxylation sites is 1. The number of hydrogen-bond acceptors (Lipinski definition) is 4. The number of carbonyl (C=O) groups excluding carboxylic acids is 1. The number of carbonyl (C=O) groups is 1. The zero-order valence-electron chi connectivity index (χ0n) is 15.1. The Morgan fingerprint density at radius 2 is 1.88 bits per heavy atom. The van der Waals surface area contributed by atoms with Crippen LogP contribution in [0.1, 0.15) is 24.8 Å². The highest BCUT2D eigenvalue weighted by Gasteiger charge is 2.36. The van der Waals surface area contributed by atoms with E-state index >= 15 is 0 Å². The van der Waals surface area contributed by atoms with E-state index in [0.717, 1.165) is 37.0 Å². The van der Waals surface area contributed by atoms with Crippen LogP contribution in [0.25, 0.3) is 0 Å². The smallest absolute Gasteiger partial charge is 0.257 e. The van der Waals surface area contributed by atoms with Gasteiger partial charge in [0.2, 0.25) is 10.0 Å². The van der Waals surface area contributed by atoms with Crippen LogP contribution in [0, 0.1) is 5.41 Å². The summed E-state index contributed by atoms with van der Waals surface area (Å²) in [6.45, 7) is 1.54. The molecule has 142 valence electrons. The molecule has 0 aliphatic carbocycles. The summed E-state index contributed by atoms with van der Waals surface area (Å²) in [4.78, 5) is 12.2. The van der Waals surface area contributed by atoms with Gasteiger partial charge in [-0.1, -0.05) is 30.4 Å². The fourth-order valence-corrected chi connectivity index (χ4v) is 4.43. The molecule has 26 heavy (non-hydrogen) atoms. The average molecular weight is 378 g/mol. The van der Waals surface area contributed by atoms with Gasteiger partial charge in [-0.25, -0.2) is 12.7 Å². The van der Waals surface area contributed by atoms with Crippen LogP contribution in [0.5, 0.6) is 5.75 Å². The molecule has 0 radical (unpaired) electrons. The molecule has 6 nitrogen and oxygen atoms in total. The summed E-state index contributed by atoms with van der Waals surface area (Å²) in [5, 5.41) is 2.98. The number of hydrogen-bond donors (Lipinski definition) is 1. The maximum atomic E-state index is 12.2. The molecule has 0 saturated carbocycles. The van der Waals surface area contributed by atoms with Crippen LogP contribution in [0.15, 0.2) is 36.4 Å². The Kier molecular flexibility index (Phi) is 5.67. The SMILES string of the molecule is CS(=O)(=O)N1CCC2(C/C=C/Cc3ccccc3OCC(=O)NC2)CC1. The summed E-state index contributed by atoms with van der Waals surface area (Å²) in [6.07, 6.45) is 8.60. The van der Waals surface area contributed by atoms with Gasteiger partial charge in [0.05, 0.1) is 6.26 Å². The molecule has 2 heterocycles. The van der Waals surface area contributed by atoms with E-state index < -0.39 is 10.0 Å². The molecule has 1 amide bonds. The number of fused-ring (bicyclic) bond motifs is 1. The summed E-state index contributed by atoms with van der Waals surface area (Å²) in [5.74, 6) is 0.596. The fourth-order valence-electron chi connectivity index (χ4n) is 3.58. The molecule has 2 aliphatic heterocycles. The summed E-state index contributed by atoms with van der Waals surface area (Å²) >= 11 is 0. The van der Waals surface area contributed by atoms with Crippen molar-refractivity contribution in [1.29, 1.82) is 0 Å². The van der Waals surface area contributed by atoms with Gasteiger partial charge < -0.3 is 10.1 Å². The standard InChI is InChI=1S/C19H26N2O4S/c1-26(23,24)21-12-10-19(11-13-21)9-5-4-7-16-6-2-3-8-17(16)25-14-18(22)20-15-19/h2-6,8H,7,9-15H2,1H3,(H,20,22)/b5-4+. The monoisotopic (exact) mass is 378 g/mol. The highest BCUT2D eigenvalue weighted by atomic mass is 32.2. The van der Waals surface area contributed by atoms with Crippen molar-refractivity contribution in [3.05, 3.63) is 42.0 Å². The first-order valence-electron chi connectivity index (χ1n) is 8.96. The first-order chi connectivity index (χ1) is 12.4. The van der Waals surface area contributed by atoms with Gasteiger partial charge in [0.1, 0.15) is 5.75 Å². The minimum atomic E-state index is -3.16. The van der Waals surface area contributed by atoms with Gasteiger partial charge in [-0.3, -0.25) is 4.79 Å². The second-order valence-corrected chi connectivity index (χ2v) is 9.20. The number of piperidine rings is 1. The van der Waals surface area contributed by atoms with Crippen LogP contribution in [0.2, 0.25) is 0 Å². The van der Waals surface area contributed by atoms with Crippen molar-refractivity contribution in [3.63, 3.8) is 0 Å². The zero-order chi connectivity index (χ0) is 18.6. The molecule has 1 fully saturated rings. The van der Waals surface area contributed by atoms with Crippen molar-refractivity contribution >= 4 is 15.9 Å². The van der Waals surface area contributed by atoms with E-state index in [0.29, 0.717) is 19.6 Å². The van der Waals surface area contributed by atoms with E-state index in [2.05, 4.69) is 17.5 Å². The van der Waals surface area contributed by atoms with Gasteiger partial charge in [-0.2, -0.15) is 0 Å². The lowest BCUT2D eigenvalue weighted by molar-refractivity contribution is -0.123. The number of nitrogens with zero attached hydrogens (tertiary/aromatic N) is 1. The van der Waals surface area contributed by atoms with Gasteiger partial charge in [0.15, 0.2) is 6.61 Å². The molecule has 1 N–H and O–H groups in total. The van der Waals surface area contributed by atoms with Crippen molar-refractivity contribution in [2.24, 2.45) is 5.41 Å². The topological polar surface area (TPSA) is 75.7 Å². The van der Waals surface area contributed by atoms with Crippen molar-refractivity contribution in [2.75, 3.05) is 32.5 Å². The molecule has 1 aromatic rings. The van der Waals surface area contributed by atoms with Crippen LogP contribution in [-0.4, -0.2) is 51.1 Å². The second-order valence-electron chi connectivity index (χ2n) is 7.21. The van der Waals surface area contributed by atoms with Crippen LogP contribution >= 0.6 is 0 Å². The summed E-state index contributed by atoms with van der Waals surface area (Å²) < 4.78 is 30.7. The number of amides is 1. The Balaban J connectivity index is 1.75.